The molecule has 1 aliphatic heterocycles. The van der Waals surface area contributed by atoms with Gasteiger partial charge in [0.15, 0.2) is 0 Å². The van der Waals surface area contributed by atoms with Crippen molar-refractivity contribution in [3.63, 3.8) is 0 Å². The molecule has 124 valence electrons. The molecule has 2 heterocycles. The fraction of sp³-hybridized carbons (Fsp3) is 0.333. The van der Waals surface area contributed by atoms with Crippen molar-refractivity contribution in [1.82, 2.24) is 9.21 Å². The Morgan fingerprint density at radius 1 is 1.13 bits per heavy atom. The monoisotopic (exact) mass is 418 g/mol. The molecule has 1 saturated heterocycles. The van der Waals surface area contributed by atoms with Crippen LogP contribution in [0.2, 0.25) is 0 Å². The van der Waals surface area contributed by atoms with Gasteiger partial charge in [0.25, 0.3) is 0 Å². The predicted octanol–water partition coefficient (Wildman–Crippen LogP) is 3.16. The van der Waals surface area contributed by atoms with Gasteiger partial charge in [-0.1, -0.05) is 6.07 Å². The minimum Gasteiger partial charge on any atom is -0.296 e. The summed E-state index contributed by atoms with van der Waals surface area (Å²) in [5.41, 5.74) is 0. The molecule has 0 bridgehead atoms. The summed E-state index contributed by atoms with van der Waals surface area (Å²) in [6.45, 7) is 3.01. The number of hydrogen-bond donors (Lipinski definition) is 0. The van der Waals surface area contributed by atoms with E-state index in [2.05, 4.69) is 26.9 Å². The summed E-state index contributed by atoms with van der Waals surface area (Å²) in [6, 6.07) is 9.28. The summed E-state index contributed by atoms with van der Waals surface area (Å²) in [6.07, 6.45) is 0. The standard InChI is InChI=1S/C15H16BrFN2O2S2/c16-15-5-4-13(22-15)11-18-6-8-19(9-7-18)23(20,21)14-3-1-2-12(17)10-14/h1-5,10H,6-9,11H2. The molecule has 3 rings (SSSR count). The molecule has 1 aliphatic rings. The van der Waals surface area contributed by atoms with Crippen molar-refractivity contribution in [2.24, 2.45) is 0 Å². The summed E-state index contributed by atoms with van der Waals surface area (Å²) in [7, 11) is -3.61. The number of rotatable bonds is 4. The number of nitrogens with zero attached hydrogens (tertiary/aromatic N) is 2. The first-order valence-corrected chi connectivity index (χ1v) is 10.2. The quantitative estimate of drug-likeness (QED) is 0.765. The Hall–Kier alpha value is -0.800. The van der Waals surface area contributed by atoms with Gasteiger partial charge in [0.2, 0.25) is 10.0 Å². The molecule has 4 nitrogen and oxygen atoms in total. The van der Waals surface area contributed by atoms with Crippen LogP contribution in [0.4, 0.5) is 4.39 Å². The summed E-state index contributed by atoms with van der Waals surface area (Å²) in [5, 5.41) is 0. The van der Waals surface area contributed by atoms with Gasteiger partial charge >= 0.3 is 0 Å². The number of piperazine rings is 1. The van der Waals surface area contributed by atoms with E-state index in [1.165, 1.54) is 27.4 Å². The van der Waals surface area contributed by atoms with Crippen LogP contribution in [0.25, 0.3) is 0 Å². The molecule has 0 N–H and O–H groups in total. The minimum absolute atomic E-state index is 0.0214. The van der Waals surface area contributed by atoms with Gasteiger partial charge in [-0.25, -0.2) is 12.8 Å². The van der Waals surface area contributed by atoms with Gasteiger partial charge in [-0.3, -0.25) is 4.90 Å². The zero-order valence-electron chi connectivity index (χ0n) is 12.3. The molecule has 2 aromatic rings. The first-order chi connectivity index (χ1) is 10.9. The molecule has 23 heavy (non-hydrogen) atoms. The summed E-state index contributed by atoms with van der Waals surface area (Å²) in [4.78, 5) is 3.50. The summed E-state index contributed by atoms with van der Waals surface area (Å²) in [5.74, 6) is -0.534. The van der Waals surface area contributed by atoms with Crippen molar-refractivity contribution in [2.45, 2.75) is 11.4 Å². The predicted molar refractivity (Wildman–Crippen MR) is 92.5 cm³/mol. The maximum absolute atomic E-state index is 13.3. The van der Waals surface area contributed by atoms with Crippen molar-refractivity contribution in [1.29, 1.82) is 0 Å². The molecule has 1 aromatic carbocycles. The topological polar surface area (TPSA) is 40.6 Å². The van der Waals surface area contributed by atoms with E-state index in [1.807, 2.05) is 6.07 Å². The third-order valence-electron chi connectivity index (χ3n) is 3.77. The molecule has 0 spiro atoms. The lowest BCUT2D eigenvalue weighted by Crippen LogP contribution is -2.48. The van der Waals surface area contributed by atoms with E-state index in [0.29, 0.717) is 26.2 Å². The number of thiophene rings is 1. The molecule has 8 heteroatoms. The SMILES string of the molecule is O=S(=O)(c1cccc(F)c1)N1CCN(Cc2ccc(Br)s2)CC1. The van der Waals surface area contributed by atoms with Gasteiger partial charge in [-0.2, -0.15) is 4.31 Å². The van der Waals surface area contributed by atoms with E-state index < -0.39 is 15.8 Å². The highest BCUT2D eigenvalue weighted by Gasteiger charge is 2.28. The summed E-state index contributed by atoms with van der Waals surface area (Å²) < 4.78 is 40.9. The Bertz CT molecular complexity index is 786. The van der Waals surface area contributed by atoms with E-state index in [1.54, 1.807) is 11.3 Å². The van der Waals surface area contributed by atoms with Crippen molar-refractivity contribution >= 4 is 37.3 Å². The first kappa shape index (κ1) is 17.0. The highest BCUT2D eigenvalue weighted by molar-refractivity contribution is 9.11. The van der Waals surface area contributed by atoms with Crippen LogP contribution in [0.1, 0.15) is 4.88 Å². The highest BCUT2D eigenvalue weighted by atomic mass is 79.9. The first-order valence-electron chi connectivity index (χ1n) is 7.17. The fourth-order valence-electron chi connectivity index (χ4n) is 2.56. The third-order valence-corrected chi connectivity index (χ3v) is 7.28. The van der Waals surface area contributed by atoms with E-state index in [4.69, 9.17) is 0 Å². The smallest absolute Gasteiger partial charge is 0.243 e. The van der Waals surface area contributed by atoms with Crippen LogP contribution in [-0.4, -0.2) is 43.8 Å². The van der Waals surface area contributed by atoms with Gasteiger partial charge in [-0.15, -0.1) is 11.3 Å². The van der Waals surface area contributed by atoms with Gasteiger partial charge in [0.05, 0.1) is 8.68 Å². The zero-order valence-corrected chi connectivity index (χ0v) is 15.5. The molecule has 0 atom stereocenters. The molecule has 0 aliphatic carbocycles. The van der Waals surface area contributed by atoms with E-state index in [0.717, 1.165) is 16.4 Å². The van der Waals surface area contributed by atoms with Crippen LogP contribution in [0, 0.1) is 5.82 Å². The lowest BCUT2D eigenvalue weighted by molar-refractivity contribution is 0.183. The highest BCUT2D eigenvalue weighted by Crippen LogP contribution is 2.24. The van der Waals surface area contributed by atoms with Crippen LogP contribution >= 0.6 is 27.3 Å². The zero-order chi connectivity index (χ0) is 16.4. The van der Waals surface area contributed by atoms with Crippen molar-refractivity contribution in [2.75, 3.05) is 26.2 Å². The van der Waals surface area contributed by atoms with Crippen molar-refractivity contribution in [3.05, 3.63) is 50.9 Å². The normalized spacial score (nSPS) is 17.5. The number of halogens is 2. The Morgan fingerprint density at radius 3 is 2.48 bits per heavy atom. The molecule has 0 saturated carbocycles. The number of benzene rings is 1. The summed E-state index contributed by atoms with van der Waals surface area (Å²) >= 11 is 5.13. The van der Waals surface area contributed by atoms with Crippen LogP contribution in [0.15, 0.2) is 45.1 Å². The molecule has 1 aromatic heterocycles. The average Bonchev–Trinajstić information content (AvgIpc) is 2.93. The number of sulfonamides is 1. The number of hydrogen-bond acceptors (Lipinski definition) is 4. The van der Waals surface area contributed by atoms with Gasteiger partial charge in [0, 0.05) is 37.6 Å². The second-order valence-corrected chi connectivity index (χ2v) is 9.83. The van der Waals surface area contributed by atoms with E-state index in [9.17, 15) is 12.8 Å². The molecule has 0 unspecified atom stereocenters. The maximum atomic E-state index is 13.3. The molecular formula is C15H16BrFN2O2S2. The van der Waals surface area contributed by atoms with Crippen LogP contribution in [0.3, 0.4) is 0 Å². The lowest BCUT2D eigenvalue weighted by atomic mass is 10.3. The molecule has 0 amide bonds. The van der Waals surface area contributed by atoms with Crippen molar-refractivity contribution < 1.29 is 12.8 Å². The maximum Gasteiger partial charge on any atom is 0.243 e. The van der Waals surface area contributed by atoms with Gasteiger partial charge in [0.1, 0.15) is 5.82 Å². The largest absolute Gasteiger partial charge is 0.296 e. The molecule has 0 radical (unpaired) electrons. The van der Waals surface area contributed by atoms with Crippen LogP contribution < -0.4 is 0 Å². The fourth-order valence-corrected chi connectivity index (χ4v) is 5.54. The third kappa shape index (κ3) is 4.00. The second-order valence-electron chi connectivity index (χ2n) is 5.34. The lowest BCUT2D eigenvalue weighted by Gasteiger charge is -2.33. The van der Waals surface area contributed by atoms with Crippen molar-refractivity contribution in [3.8, 4) is 0 Å². The molecular weight excluding hydrogens is 403 g/mol. The Kier molecular flexibility index (Phi) is 5.17. The second kappa shape index (κ2) is 6.98. The van der Waals surface area contributed by atoms with Gasteiger partial charge in [-0.05, 0) is 46.3 Å². The van der Waals surface area contributed by atoms with E-state index in [-0.39, 0.29) is 4.90 Å². The van der Waals surface area contributed by atoms with Crippen LogP contribution in [0.5, 0.6) is 0 Å². The Balaban J connectivity index is 1.64. The Labute approximate surface area is 147 Å². The van der Waals surface area contributed by atoms with E-state index >= 15 is 0 Å². The average molecular weight is 419 g/mol. The Morgan fingerprint density at radius 2 is 1.87 bits per heavy atom. The molecule has 1 fully saturated rings. The van der Waals surface area contributed by atoms with Gasteiger partial charge < -0.3 is 0 Å². The minimum atomic E-state index is -3.61. The van der Waals surface area contributed by atoms with Crippen LogP contribution in [-0.2, 0) is 16.6 Å².